The molecule has 3 amide bonds. The number of nitrogens with zero attached hydrogens (tertiary/aromatic N) is 4. The fourth-order valence-corrected chi connectivity index (χ4v) is 3.69. The summed E-state index contributed by atoms with van der Waals surface area (Å²) < 4.78 is 6.23. The fraction of sp³-hybridized carbons (Fsp3) is 0.462. The van der Waals surface area contributed by atoms with Gasteiger partial charge >= 0.3 is 6.03 Å². The molecule has 0 fully saturated rings. The summed E-state index contributed by atoms with van der Waals surface area (Å²) in [6.45, 7) is 6.85. The highest BCUT2D eigenvalue weighted by molar-refractivity contribution is 5.97. The van der Waals surface area contributed by atoms with E-state index in [1.807, 2.05) is 13.8 Å². The lowest BCUT2D eigenvalue weighted by molar-refractivity contribution is 0.0352. The van der Waals surface area contributed by atoms with Crippen LogP contribution in [0.5, 0.6) is 5.88 Å². The molecule has 35 heavy (non-hydrogen) atoms. The van der Waals surface area contributed by atoms with Crippen LogP contribution in [0.3, 0.4) is 0 Å². The zero-order valence-electron chi connectivity index (χ0n) is 20.7. The van der Waals surface area contributed by atoms with Crippen LogP contribution < -0.4 is 10.1 Å². The highest BCUT2D eigenvalue weighted by Crippen LogP contribution is 2.27. The number of carbonyl (C=O) groups excluding carboxylic acids is 2. The molecule has 1 aliphatic rings. The van der Waals surface area contributed by atoms with Crippen molar-refractivity contribution in [3.8, 4) is 17.7 Å². The number of rotatable bonds is 6. The molecule has 2 N–H and O–H groups in total. The number of pyridine rings is 2. The van der Waals surface area contributed by atoms with E-state index in [0.717, 1.165) is 12.0 Å². The van der Waals surface area contributed by atoms with Crippen LogP contribution in [0.1, 0.15) is 48.7 Å². The predicted octanol–water partition coefficient (Wildman–Crippen LogP) is 2.15. The van der Waals surface area contributed by atoms with Gasteiger partial charge in [-0.15, -0.1) is 0 Å². The highest BCUT2D eigenvalue weighted by Gasteiger charge is 2.34. The molecule has 186 valence electrons. The number of aliphatic hydroxyl groups excluding tert-OH is 1. The maximum absolute atomic E-state index is 13.5. The average Bonchev–Trinajstić information content (AvgIpc) is 2.88. The molecular weight excluding hydrogens is 446 g/mol. The first kappa shape index (κ1) is 26.0. The number of hydrogen-bond acceptors (Lipinski definition) is 6. The zero-order chi connectivity index (χ0) is 25.4. The molecule has 0 saturated heterocycles. The minimum absolute atomic E-state index is 0.115. The van der Waals surface area contributed by atoms with Crippen molar-refractivity contribution in [2.24, 2.45) is 5.92 Å². The second-order valence-electron chi connectivity index (χ2n) is 8.80. The van der Waals surface area contributed by atoms with Crippen molar-refractivity contribution in [2.45, 2.75) is 39.3 Å². The molecule has 3 rings (SSSR count). The lowest BCUT2D eigenvalue weighted by Gasteiger charge is -2.37. The monoisotopic (exact) mass is 479 g/mol. The quantitative estimate of drug-likeness (QED) is 0.615. The minimum atomic E-state index is -0.408. The molecule has 0 saturated carbocycles. The lowest BCUT2D eigenvalue weighted by Crippen LogP contribution is -2.51. The molecule has 3 heterocycles. The van der Waals surface area contributed by atoms with Gasteiger partial charge in [0.1, 0.15) is 11.7 Å². The standard InChI is InChI=1S/C26H33N5O4/c1-5-10-28-26(34)30(4)16-23-18(2)15-31(19(3)17-32)25(33)22-13-21(14-29-24(22)35-23)7-6-20-8-11-27-12-9-20/h8-9,11-14,18-19,23,32H,5,10,15-17H2,1-4H3,(H,28,34)/t18-,19+,23+/m1/s1. The first-order valence-corrected chi connectivity index (χ1v) is 11.8. The van der Waals surface area contributed by atoms with Crippen molar-refractivity contribution in [2.75, 3.05) is 33.3 Å². The van der Waals surface area contributed by atoms with Crippen LogP contribution in [0.25, 0.3) is 0 Å². The molecule has 0 aliphatic carbocycles. The second-order valence-corrected chi connectivity index (χ2v) is 8.80. The van der Waals surface area contributed by atoms with E-state index in [4.69, 9.17) is 4.74 Å². The summed E-state index contributed by atoms with van der Waals surface area (Å²) >= 11 is 0. The molecule has 0 radical (unpaired) electrons. The third-order valence-corrected chi connectivity index (χ3v) is 5.88. The summed E-state index contributed by atoms with van der Waals surface area (Å²) in [6, 6.07) is 4.68. The number of amides is 3. The van der Waals surface area contributed by atoms with Gasteiger partial charge in [-0.05, 0) is 31.5 Å². The SMILES string of the molecule is CCCNC(=O)N(C)C[C@@H]1Oc2ncc(C#Cc3ccncc3)cc2C(=O)N([C@@H](C)CO)C[C@H]1C. The molecular formula is C26H33N5O4. The van der Waals surface area contributed by atoms with Crippen molar-refractivity contribution in [3.05, 3.63) is 53.5 Å². The number of aromatic nitrogens is 2. The van der Waals surface area contributed by atoms with Gasteiger partial charge < -0.3 is 25.0 Å². The maximum atomic E-state index is 13.5. The van der Waals surface area contributed by atoms with Crippen molar-refractivity contribution in [1.29, 1.82) is 0 Å². The fourth-order valence-electron chi connectivity index (χ4n) is 3.69. The molecule has 0 bridgehead atoms. The Morgan fingerprint density at radius 3 is 2.74 bits per heavy atom. The first-order valence-electron chi connectivity index (χ1n) is 11.8. The first-order chi connectivity index (χ1) is 16.8. The zero-order valence-corrected chi connectivity index (χ0v) is 20.7. The molecule has 0 unspecified atom stereocenters. The van der Waals surface area contributed by atoms with Gasteiger partial charge in [0, 0.05) is 55.8 Å². The van der Waals surface area contributed by atoms with Crippen molar-refractivity contribution >= 4 is 11.9 Å². The molecule has 2 aromatic rings. The van der Waals surface area contributed by atoms with E-state index >= 15 is 0 Å². The average molecular weight is 480 g/mol. The maximum Gasteiger partial charge on any atom is 0.317 e. The number of likely N-dealkylation sites (N-methyl/N-ethyl adjacent to an activating group) is 1. The van der Waals surface area contributed by atoms with E-state index in [-0.39, 0.29) is 35.9 Å². The Balaban J connectivity index is 1.93. The van der Waals surface area contributed by atoms with Gasteiger partial charge in [0.05, 0.1) is 19.2 Å². The topological polar surface area (TPSA) is 108 Å². The third-order valence-electron chi connectivity index (χ3n) is 5.88. The largest absolute Gasteiger partial charge is 0.472 e. The molecule has 3 atom stereocenters. The summed E-state index contributed by atoms with van der Waals surface area (Å²) in [7, 11) is 1.71. The molecule has 2 aromatic heterocycles. The summed E-state index contributed by atoms with van der Waals surface area (Å²) in [4.78, 5) is 37.5. The van der Waals surface area contributed by atoms with Gasteiger partial charge in [-0.25, -0.2) is 9.78 Å². The summed E-state index contributed by atoms with van der Waals surface area (Å²) in [5.41, 5.74) is 1.64. The lowest BCUT2D eigenvalue weighted by atomic mass is 10.00. The number of fused-ring (bicyclic) bond motifs is 1. The van der Waals surface area contributed by atoms with Crippen LogP contribution in [0.2, 0.25) is 0 Å². The number of carbonyl (C=O) groups is 2. The van der Waals surface area contributed by atoms with E-state index in [0.29, 0.717) is 25.2 Å². The van der Waals surface area contributed by atoms with Crippen molar-refractivity contribution < 1.29 is 19.4 Å². The minimum Gasteiger partial charge on any atom is -0.472 e. The third kappa shape index (κ3) is 6.70. The Morgan fingerprint density at radius 1 is 1.34 bits per heavy atom. The summed E-state index contributed by atoms with van der Waals surface area (Å²) in [6.07, 6.45) is 5.33. The van der Waals surface area contributed by atoms with Gasteiger partial charge in [-0.2, -0.15) is 0 Å². The van der Waals surface area contributed by atoms with E-state index in [1.165, 1.54) is 0 Å². The summed E-state index contributed by atoms with van der Waals surface area (Å²) in [5, 5.41) is 12.7. The Morgan fingerprint density at radius 2 is 2.06 bits per heavy atom. The molecule has 1 aliphatic heterocycles. The number of hydrogen-bond donors (Lipinski definition) is 2. The number of aliphatic hydroxyl groups is 1. The van der Waals surface area contributed by atoms with Crippen LogP contribution in [0, 0.1) is 17.8 Å². The van der Waals surface area contributed by atoms with Crippen molar-refractivity contribution in [3.63, 3.8) is 0 Å². The highest BCUT2D eigenvalue weighted by atomic mass is 16.5. The van der Waals surface area contributed by atoms with Crippen molar-refractivity contribution in [1.82, 2.24) is 25.1 Å². The smallest absolute Gasteiger partial charge is 0.317 e. The molecule has 0 spiro atoms. The van der Waals surface area contributed by atoms with E-state index < -0.39 is 12.1 Å². The van der Waals surface area contributed by atoms with Gasteiger partial charge in [-0.3, -0.25) is 9.78 Å². The van der Waals surface area contributed by atoms with Crippen LogP contribution in [0.4, 0.5) is 4.79 Å². The van der Waals surface area contributed by atoms with Gasteiger partial charge in [-0.1, -0.05) is 25.7 Å². The predicted molar refractivity (Wildman–Crippen MR) is 132 cm³/mol. The van der Waals surface area contributed by atoms with Crippen LogP contribution in [-0.2, 0) is 0 Å². The van der Waals surface area contributed by atoms with E-state index in [9.17, 15) is 14.7 Å². The van der Waals surface area contributed by atoms with Crippen LogP contribution >= 0.6 is 0 Å². The Bertz CT molecular complexity index is 1080. The van der Waals surface area contributed by atoms with Crippen LogP contribution in [-0.4, -0.2) is 82.2 Å². The molecule has 9 nitrogen and oxygen atoms in total. The summed E-state index contributed by atoms with van der Waals surface area (Å²) in [5.74, 6) is 5.88. The van der Waals surface area contributed by atoms with E-state index in [1.54, 1.807) is 60.6 Å². The number of ether oxygens (including phenoxy) is 1. The van der Waals surface area contributed by atoms with E-state index in [2.05, 4.69) is 27.1 Å². The number of nitrogens with one attached hydrogen (secondary N) is 1. The van der Waals surface area contributed by atoms with Crippen LogP contribution in [0.15, 0.2) is 36.8 Å². The van der Waals surface area contributed by atoms with Gasteiger partial charge in [0.15, 0.2) is 0 Å². The Kier molecular flexibility index (Phi) is 9.04. The normalized spacial score (nSPS) is 18.2. The molecule has 9 heteroatoms. The molecule has 0 aromatic carbocycles. The Hall–Kier alpha value is -3.64. The van der Waals surface area contributed by atoms with Gasteiger partial charge in [0.25, 0.3) is 5.91 Å². The number of urea groups is 1. The second kappa shape index (κ2) is 12.2. The van der Waals surface area contributed by atoms with Gasteiger partial charge in [0.2, 0.25) is 5.88 Å². The Labute approximate surface area is 206 Å².